The molecule has 0 bridgehead atoms. The van der Waals surface area contributed by atoms with Crippen molar-refractivity contribution in [3.05, 3.63) is 35.4 Å². The van der Waals surface area contributed by atoms with E-state index >= 15 is 0 Å². The van der Waals surface area contributed by atoms with Crippen LogP contribution in [0, 0.1) is 0 Å². The van der Waals surface area contributed by atoms with E-state index in [0.29, 0.717) is 12.6 Å². The van der Waals surface area contributed by atoms with Gasteiger partial charge in [0.2, 0.25) is 0 Å². The van der Waals surface area contributed by atoms with Crippen LogP contribution >= 0.6 is 0 Å². The fraction of sp³-hybridized carbons (Fsp3) is 0.600. The molecule has 1 aliphatic carbocycles. The summed E-state index contributed by atoms with van der Waals surface area (Å²) in [6, 6.07) is 8.82. The molecule has 0 radical (unpaired) electrons. The molecule has 2 unspecified atom stereocenters. The zero-order valence-corrected chi connectivity index (χ0v) is 11.0. The molecule has 1 aromatic carbocycles. The van der Waals surface area contributed by atoms with Gasteiger partial charge in [0.1, 0.15) is 0 Å². The normalized spacial score (nSPS) is 22.9. The Bertz CT molecular complexity index is 390. The number of fused-ring (bicyclic) bond motifs is 1. The Morgan fingerprint density at radius 3 is 2.89 bits per heavy atom. The number of rotatable bonds is 4. The highest BCUT2D eigenvalue weighted by Crippen LogP contribution is 2.28. The number of hydrogen-bond acceptors (Lipinski definition) is 3. The van der Waals surface area contributed by atoms with Crippen LogP contribution in [0.2, 0.25) is 0 Å². The molecule has 0 fully saturated rings. The maximum Gasteiger partial charge on any atom is 0.0973 e. The molecule has 0 aromatic heterocycles. The average Bonchev–Trinajstić information content (AvgIpc) is 2.59. The monoisotopic (exact) mass is 249 g/mol. The van der Waals surface area contributed by atoms with Crippen molar-refractivity contribution >= 4 is 0 Å². The molecule has 1 aliphatic rings. The maximum absolute atomic E-state index is 9.86. The molecule has 3 heteroatoms. The lowest BCUT2D eigenvalue weighted by Gasteiger charge is -2.26. The summed E-state index contributed by atoms with van der Waals surface area (Å²) in [5, 5.41) is 22.3. The number of nitrogens with one attached hydrogen (secondary N) is 1. The van der Waals surface area contributed by atoms with Crippen molar-refractivity contribution in [1.29, 1.82) is 0 Å². The van der Waals surface area contributed by atoms with Gasteiger partial charge in [-0.1, -0.05) is 30.7 Å². The van der Waals surface area contributed by atoms with Gasteiger partial charge < -0.3 is 15.5 Å². The largest absolute Gasteiger partial charge is 0.393 e. The summed E-state index contributed by atoms with van der Waals surface area (Å²) in [4.78, 5) is 0. The molecule has 2 atom stereocenters. The minimum Gasteiger partial charge on any atom is -0.393 e. The third kappa shape index (κ3) is 3.31. The molecule has 0 aliphatic heterocycles. The van der Waals surface area contributed by atoms with E-state index in [9.17, 15) is 5.11 Å². The summed E-state index contributed by atoms with van der Waals surface area (Å²) in [7, 11) is 0. The van der Waals surface area contributed by atoms with Crippen LogP contribution in [0.4, 0.5) is 0 Å². The first-order valence-electron chi connectivity index (χ1n) is 6.77. The molecule has 0 saturated heterocycles. The lowest BCUT2D eigenvalue weighted by Crippen LogP contribution is -2.42. The Hall–Kier alpha value is -0.900. The van der Waals surface area contributed by atoms with E-state index in [1.807, 2.05) is 0 Å². The minimum atomic E-state index is -1.04. The highest BCUT2D eigenvalue weighted by molar-refractivity contribution is 5.31. The topological polar surface area (TPSA) is 52.5 Å². The highest BCUT2D eigenvalue weighted by atomic mass is 16.3. The van der Waals surface area contributed by atoms with Gasteiger partial charge in [0.15, 0.2) is 0 Å². The van der Waals surface area contributed by atoms with E-state index in [1.165, 1.54) is 24.0 Å². The smallest absolute Gasteiger partial charge is 0.0973 e. The van der Waals surface area contributed by atoms with E-state index in [2.05, 4.69) is 29.6 Å². The van der Waals surface area contributed by atoms with Crippen LogP contribution in [-0.4, -0.2) is 29.0 Å². The van der Waals surface area contributed by atoms with Crippen molar-refractivity contribution < 1.29 is 10.2 Å². The van der Waals surface area contributed by atoms with Gasteiger partial charge in [-0.15, -0.1) is 0 Å². The maximum atomic E-state index is 9.86. The second kappa shape index (κ2) is 5.83. The number of aliphatic hydroxyl groups excluding tert-OH is 1. The van der Waals surface area contributed by atoms with Crippen LogP contribution in [-0.2, 0) is 6.42 Å². The Kier molecular flexibility index (Phi) is 4.38. The third-order valence-corrected chi connectivity index (χ3v) is 3.69. The van der Waals surface area contributed by atoms with Gasteiger partial charge in [-0.2, -0.15) is 0 Å². The van der Waals surface area contributed by atoms with Gasteiger partial charge in [-0.25, -0.2) is 0 Å². The summed E-state index contributed by atoms with van der Waals surface area (Å²) < 4.78 is 0. The van der Waals surface area contributed by atoms with Crippen molar-refractivity contribution in [1.82, 2.24) is 5.32 Å². The van der Waals surface area contributed by atoms with E-state index in [-0.39, 0.29) is 6.61 Å². The molecule has 0 saturated carbocycles. The molecular formula is C15H23NO2. The molecule has 0 heterocycles. The summed E-state index contributed by atoms with van der Waals surface area (Å²) in [5.41, 5.74) is 1.72. The number of hydrogen-bond donors (Lipinski definition) is 3. The zero-order valence-electron chi connectivity index (χ0n) is 11.0. The van der Waals surface area contributed by atoms with Crippen molar-refractivity contribution in [3.63, 3.8) is 0 Å². The second-order valence-electron chi connectivity index (χ2n) is 5.53. The first-order valence-corrected chi connectivity index (χ1v) is 6.77. The molecule has 100 valence electrons. The van der Waals surface area contributed by atoms with Gasteiger partial charge in [-0.3, -0.25) is 0 Å². The van der Waals surface area contributed by atoms with Crippen molar-refractivity contribution in [3.8, 4) is 0 Å². The number of aryl methyl sites for hydroxylation is 1. The van der Waals surface area contributed by atoms with Gasteiger partial charge in [0.25, 0.3) is 0 Å². The Morgan fingerprint density at radius 1 is 1.33 bits per heavy atom. The molecule has 18 heavy (non-hydrogen) atoms. The van der Waals surface area contributed by atoms with E-state index in [1.54, 1.807) is 6.92 Å². The second-order valence-corrected chi connectivity index (χ2v) is 5.53. The third-order valence-electron chi connectivity index (χ3n) is 3.69. The molecule has 1 aromatic rings. The lowest BCUT2D eigenvalue weighted by atomic mass is 9.98. The Balaban J connectivity index is 2.08. The van der Waals surface area contributed by atoms with Gasteiger partial charge in [0, 0.05) is 12.6 Å². The minimum absolute atomic E-state index is 0.214. The van der Waals surface area contributed by atoms with E-state index in [0.717, 1.165) is 12.8 Å². The average molecular weight is 249 g/mol. The van der Waals surface area contributed by atoms with Crippen LogP contribution < -0.4 is 5.32 Å². The van der Waals surface area contributed by atoms with Gasteiger partial charge in [-0.05, 0) is 37.3 Å². The first-order chi connectivity index (χ1) is 8.62. The van der Waals surface area contributed by atoms with Gasteiger partial charge >= 0.3 is 0 Å². The fourth-order valence-electron chi connectivity index (χ4n) is 2.53. The fourth-order valence-corrected chi connectivity index (χ4v) is 2.53. The van der Waals surface area contributed by atoms with E-state index in [4.69, 9.17) is 5.11 Å². The van der Waals surface area contributed by atoms with Crippen molar-refractivity contribution in [2.45, 2.75) is 44.2 Å². The Labute approximate surface area is 109 Å². The van der Waals surface area contributed by atoms with E-state index < -0.39 is 5.60 Å². The number of benzene rings is 1. The summed E-state index contributed by atoms with van der Waals surface area (Å²) in [6.45, 7) is 1.86. The quantitative estimate of drug-likeness (QED) is 0.713. The molecule has 2 rings (SSSR count). The standard InChI is InChI=1S/C15H23NO2/c1-15(18,11-17)10-16-14-9-5-3-7-12-6-2-4-8-13(12)14/h2,4,6,8,14,16-18H,3,5,7,9-11H2,1H3. The summed E-state index contributed by atoms with van der Waals surface area (Å²) in [6.07, 6.45) is 4.67. The van der Waals surface area contributed by atoms with Crippen LogP contribution in [0.5, 0.6) is 0 Å². The highest BCUT2D eigenvalue weighted by Gasteiger charge is 2.23. The van der Waals surface area contributed by atoms with Gasteiger partial charge in [0.05, 0.1) is 12.2 Å². The molecular weight excluding hydrogens is 226 g/mol. The molecule has 0 spiro atoms. The molecule has 3 nitrogen and oxygen atoms in total. The Morgan fingerprint density at radius 2 is 2.11 bits per heavy atom. The summed E-state index contributed by atoms with van der Waals surface area (Å²) in [5.74, 6) is 0. The SMILES string of the molecule is CC(O)(CO)CNC1CCCCc2ccccc21. The lowest BCUT2D eigenvalue weighted by molar-refractivity contribution is 0.000478. The predicted octanol–water partition coefficient (Wildman–Crippen LogP) is 1.79. The van der Waals surface area contributed by atoms with Crippen LogP contribution in [0.25, 0.3) is 0 Å². The van der Waals surface area contributed by atoms with Crippen molar-refractivity contribution in [2.24, 2.45) is 0 Å². The first kappa shape index (κ1) is 13.5. The summed E-state index contributed by atoms with van der Waals surface area (Å²) >= 11 is 0. The molecule has 3 N–H and O–H groups in total. The van der Waals surface area contributed by atoms with Crippen LogP contribution in [0.1, 0.15) is 43.4 Å². The van der Waals surface area contributed by atoms with Crippen LogP contribution in [0.15, 0.2) is 24.3 Å². The van der Waals surface area contributed by atoms with Crippen molar-refractivity contribution in [2.75, 3.05) is 13.2 Å². The van der Waals surface area contributed by atoms with Crippen LogP contribution in [0.3, 0.4) is 0 Å². The molecule has 0 amide bonds. The number of aliphatic hydroxyl groups is 2. The zero-order chi connectivity index (χ0) is 13.0. The predicted molar refractivity (Wildman–Crippen MR) is 72.5 cm³/mol.